The van der Waals surface area contributed by atoms with Crippen molar-refractivity contribution in [2.24, 2.45) is 0 Å². The highest BCUT2D eigenvalue weighted by Crippen LogP contribution is 2.19. The molecule has 0 aliphatic carbocycles. The SMILES string of the molecule is [2H]c1cc(-c2cc([2H])c(C)c([2H])c2)cc([2H])c1C. The van der Waals surface area contributed by atoms with Crippen molar-refractivity contribution in [3.05, 3.63) is 59.6 Å². The zero-order valence-corrected chi connectivity index (χ0v) is 8.31. The smallest absolute Gasteiger partial charge is 0.0587 e. The highest BCUT2D eigenvalue weighted by Gasteiger charge is 1.95. The normalized spacial score (nSPS) is 14.1. The highest BCUT2D eigenvalue weighted by molar-refractivity contribution is 5.63. The van der Waals surface area contributed by atoms with Crippen LogP contribution in [0, 0.1) is 13.8 Å². The molecular formula is C14H14. The molecule has 0 radical (unpaired) electrons. The van der Waals surface area contributed by atoms with Crippen molar-refractivity contribution in [2.45, 2.75) is 13.8 Å². The Morgan fingerprint density at radius 2 is 1.00 bits per heavy atom. The fraction of sp³-hybridized carbons (Fsp3) is 0.143. The number of rotatable bonds is 1. The Morgan fingerprint density at radius 3 is 1.29 bits per heavy atom. The Labute approximate surface area is 90.8 Å². The molecule has 0 heteroatoms. The zero-order valence-electron chi connectivity index (χ0n) is 12.3. The van der Waals surface area contributed by atoms with Crippen LogP contribution in [0.4, 0.5) is 0 Å². The van der Waals surface area contributed by atoms with Gasteiger partial charge >= 0.3 is 0 Å². The van der Waals surface area contributed by atoms with E-state index in [0.29, 0.717) is 35.3 Å². The van der Waals surface area contributed by atoms with Gasteiger partial charge in [-0.3, -0.25) is 0 Å². The first kappa shape index (κ1) is 5.35. The molecule has 0 heterocycles. The molecule has 70 valence electrons. The van der Waals surface area contributed by atoms with Crippen molar-refractivity contribution in [2.75, 3.05) is 0 Å². The molecule has 0 aromatic heterocycles. The van der Waals surface area contributed by atoms with E-state index in [1.807, 2.05) is 0 Å². The van der Waals surface area contributed by atoms with Crippen LogP contribution in [0.2, 0.25) is 0 Å². The minimum Gasteiger partial charge on any atom is -0.0587 e. The van der Waals surface area contributed by atoms with Gasteiger partial charge in [-0.25, -0.2) is 0 Å². The predicted molar refractivity (Wildman–Crippen MR) is 61.4 cm³/mol. The first-order valence-corrected chi connectivity index (χ1v) is 4.56. The second-order valence-corrected chi connectivity index (χ2v) is 3.32. The molecular weight excluding hydrogens is 168 g/mol. The molecule has 0 nitrogen and oxygen atoms in total. The molecule has 0 saturated carbocycles. The number of hydrogen-bond acceptors (Lipinski definition) is 0. The van der Waals surface area contributed by atoms with Crippen molar-refractivity contribution in [1.29, 1.82) is 0 Å². The van der Waals surface area contributed by atoms with Gasteiger partial charge in [-0.2, -0.15) is 0 Å². The summed E-state index contributed by atoms with van der Waals surface area (Å²) < 4.78 is 31.1. The summed E-state index contributed by atoms with van der Waals surface area (Å²) in [4.78, 5) is 0. The molecule has 2 aromatic carbocycles. The van der Waals surface area contributed by atoms with Crippen LogP contribution in [0.5, 0.6) is 0 Å². The van der Waals surface area contributed by atoms with E-state index in [1.165, 1.54) is 0 Å². The van der Waals surface area contributed by atoms with Gasteiger partial charge in [0.25, 0.3) is 0 Å². The summed E-state index contributed by atoms with van der Waals surface area (Å²) in [6.45, 7) is 3.49. The summed E-state index contributed by atoms with van der Waals surface area (Å²) in [7, 11) is 0. The third-order valence-corrected chi connectivity index (χ3v) is 2.11. The maximum atomic E-state index is 7.79. The standard InChI is InChI=1S/C14H14/c1-11-3-7-13(8-4-11)14-9-5-12(2)6-10-14/h3-10H,1-2H3/i3D,4D,5D,6D. The lowest BCUT2D eigenvalue weighted by Gasteiger charge is -2.02. The Morgan fingerprint density at radius 1 is 0.714 bits per heavy atom. The predicted octanol–water partition coefficient (Wildman–Crippen LogP) is 3.97. The summed E-state index contributed by atoms with van der Waals surface area (Å²) in [5.74, 6) is 0. The van der Waals surface area contributed by atoms with E-state index < -0.39 is 0 Å². The number of benzene rings is 2. The van der Waals surface area contributed by atoms with E-state index in [2.05, 4.69) is 0 Å². The van der Waals surface area contributed by atoms with Crippen LogP contribution in [0.15, 0.2) is 48.4 Å². The average Bonchev–Trinajstić information content (AvgIpc) is 2.31. The molecule has 0 bridgehead atoms. The van der Waals surface area contributed by atoms with Crippen LogP contribution in [0.3, 0.4) is 0 Å². The van der Waals surface area contributed by atoms with Crippen molar-refractivity contribution in [1.82, 2.24) is 0 Å². The molecule has 0 spiro atoms. The van der Waals surface area contributed by atoms with E-state index in [1.54, 1.807) is 38.1 Å². The molecule has 14 heavy (non-hydrogen) atoms. The molecule has 0 aliphatic rings. The molecule has 2 rings (SSSR count). The second kappa shape index (κ2) is 3.67. The lowest BCUT2D eigenvalue weighted by Crippen LogP contribution is -1.78. The van der Waals surface area contributed by atoms with Gasteiger partial charge in [0.15, 0.2) is 0 Å². The Kier molecular flexibility index (Phi) is 1.40. The molecule has 0 N–H and O–H groups in total. The first-order chi connectivity index (χ1) is 8.40. The molecule has 0 amide bonds. The maximum Gasteiger partial charge on any atom is 0.0626 e. The van der Waals surface area contributed by atoms with E-state index in [-0.39, 0.29) is 0 Å². The Hall–Kier alpha value is -1.56. The monoisotopic (exact) mass is 186 g/mol. The van der Waals surface area contributed by atoms with Crippen LogP contribution in [0.25, 0.3) is 11.1 Å². The molecule has 0 unspecified atom stereocenters. The van der Waals surface area contributed by atoms with E-state index >= 15 is 0 Å². The lowest BCUT2D eigenvalue weighted by atomic mass is 10.0. The Bertz CT molecular complexity index is 516. The van der Waals surface area contributed by atoms with Gasteiger partial charge in [-0.05, 0) is 25.0 Å². The van der Waals surface area contributed by atoms with Gasteiger partial charge in [0.2, 0.25) is 0 Å². The topological polar surface area (TPSA) is 0 Å². The quantitative estimate of drug-likeness (QED) is 0.632. The van der Waals surface area contributed by atoms with Gasteiger partial charge in [0.1, 0.15) is 0 Å². The van der Waals surface area contributed by atoms with Crippen molar-refractivity contribution in [3.8, 4) is 11.1 Å². The molecule has 0 fully saturated rings. The van der Waals surface area contributed by atoms with Crippen LogP contribution in [0.1, 0.15) is 16.6 Å². The fourth-order valence-corrected chi connectivity index (χ4v) is 1.24. The third-order valence-electron chi connectivity index (χ3n) is 2.11. The summed E-state index contributed by atoms with van der Waals surface area (Å²) >= 11 is 0. The first-order valence-electron chi connectivity index (χ1n) is 6.56. The zero-order chi connectivity index (χ0) is 13.4. The van der Waals surface area contributed by atoms with Crippen LogP contribution < -0.4 is 0 Å². The summed E-state index contributed by atoms with van der Waals surface area (Å²) in [6, 6.07) is 7.97. The summed E-state index contributed by atoms with van der Waals surface area (Å²) in [5.41, 5.74) is 2.72. The molecule has 0 aliphatic heterocycles. The third kappa shape index (κ3) is 1.85. The van der Waals surface area contributed by atoms with Crippen LogP contribution in [-0.2, 0) is 0 Å². The second-order valence-electron chi connectivity index (χ2n) is 3.32. The van der Waals surface area contributed by atoms with Crippen molar-refractivity contribution in [3.63, 3.8) is 0 Å². The average molecular weight is 186 g/mol. The Balaban J connectivity index is 2.63. The minimum absolute atomic E-state index is 0.316. The lowest BCUT2D eigenvalue weighted by molar-refractivity contribution is 1.45. The highest BCUT2D eigenvalue weighted by atomic mass is 14.0. The fourth-order valence-electron chi connectivity index (χ4n) is 1.24. The van der Waals surface area contributed by atoms with Crippen LogP contribution in [-0.4, -0.2) is 0 Å². The van der Waals surface area contributed by atoms with Crippen molar-refractivity contribution < 1.29 is 5.48 Å². The van der Waals surface area contributed by atoms with E-state index in [4.69, 9.17) is 5.48 Å². The van der Waals surface area contributed by atoms with Gasteiger partial charge in [-0.1, -0.05) is 59.6 Å². The van der Waals surface area contributed by atoms with Crippen molar-refractivity contribution >= 4 is 0 Å². The molecule has 0 atom stereocenters. The van der Waals surface area contributed by atoms with Gasteiger partial charge in [0.05, 0.1) is 5.48 Å². The minimum atomic E-state index is 0.316. The maximum absolute atomic E-state index is 7.79. The largest absolute Gasteiger partial charge is 0.0626 e. The summed E-state index contributed by atoms with van der Waals surface area (Å²) in [6.07, 6.45) is 0. The van der Waals surface area contributed by atoms with Gasteiger partial charge in [0, 0.05) is 0 Å². The van der Waals surface area contributed by atoms with E-state index in [9.17, 15) is 0 Å². The van der Waals surface area contributed by atoms with Crippen LogP contribution >= 0.6 is 0 Å². The van der Waals surface area contributed by atoms with Gasteiger partial charge < -0.3 is 0 Å². The number of hydrogen-bond donors (Lipinski definition) is 0. The molecule has 2 aromatic rings. The van der Waals surface area contributed by atoms with E-state index in [0.717, 1.165) is 11.1 Å². The molecule has 0 saturated heterocycles. The van der Waals surface area contributed by atoms with Gasteiger partial charge in [-0.15, -0.1) is 0 Å². The summed E-state index contributed by atoms with van der Waals surface area (Å²) in [5, 5.41) is 0.